The monoisotopic (exact) mass is 404 g/mol. The summed E-state index contributed by atoms with van der Waals surface area (Å²) in [5.41, 5.74) is -0.148. The first-order valence-electron chi connectivity index (χ1n) is 9.07. The van der Waals surface area contributed by atoms with E-state index in [1.807, 2.05) is 11.8 Å². The van der Waals surface area contributed by atoms with Gasteiger partial charge in [-0.15, -0.1) is 10.2 Å². The Kier molecular flexibility index (Phi) is 4.38. The van der Waals surface area contributed by atoms with Gasteiger partial charge >= 0.3 is 6.18 Å². The number of hydrogen-bond acceptors (Lipinski definition) is 6. The van der Waals surface area contributed by atoms with Gasteiger partial charge in [-0.25, -0.2) is 4.98 Å². The molecule has 4 rings (SSSR count). The van der Waals surface area contributed by atoms with Gasteiger partial charge in [-0.2, -0.15) is 13.2 Å². The predicted molar refractivity (Wildman–Crippen MR) is 102 cm³/mol. The minimum Gasteiger partial charge on any atom is -0.507 e. The topological polar surface area (TPSA) is 82.4 Å². The molecule has 6 nitrogen and oxygen atoms in total. The van der Waals surface area contributed by atoms with Gasteiger partial charge in [0.2, 0.25) is 0 Å². The molecule has 1 unspecified atom stereocenters. The Morgan fingerprint density at radius 1 is 1.14 bits per heavy atom. The summed E-state index contributed by atoms with van der Waals surface area (Å²) < 4.78 is 38.7. The first-order valence-corrected chi connectivity index (χ1v) is 9.07. The number of hydrogen-bond donors (Lipinski definition) is 2. The van der Waals surface area contributed by atoms with Gasteiger partial charge in [0, 0.05) is 29.7 Å². The van der Waals surface area contributed by atoms with Crippen LogP contribution < -0.4 is 4.90 Å². The molecule has 1 aliphatic rings. The molecule has 0 radical (unpaired) electrons. The van der Waals surface area contributed by atoms with E-state index in [4.69, 9.17) is 0 Å². The van der Waals surface area contributed by atoms with Gasteiger partial charge in [0.15, 0.2) is 5.82 Å². The average molecular weight is 404 g/mol. The van der Waals surface area contributed by atoms with Gasteiger partial charge in [0.05, 0.1) is 11.2 Å². The molecule has 2 aromatic heterocycles. The number of fused-ring (bicyclic) bond motifs is 1. The summed E-state index contributed by atoms with van der Waals surface area (Å²) in [5.74, 6) is -0.0375. The highest BCUT2D eigenvalue weighted by atomic mass is 19.4. The minimum absolute atomic E-state index is 0.140. The molecule has 0 spiro atoms. The number of aryl methyl sites for hydroxylation is 1. The Hall–Kier alpha value is -2.94. The van der Waals surface area contributed by atoms with E-state index in [1.54, 1.807) is 19.1 Å². The van der Waals surface area contributed by atoms with Gasteiger partial charge in [-0.05, 0) is 50.6 Å². The first kappa shape index (κ1) is 19.4. The van der Waals surface area contributed by atoms with Crippen LogP contribution in [0.3, 0.4) is 0 Å². The van der Waals surface area contributed by atoms with Crippen molar-refractivity contribution in [1.29, 1.82) is 0 Å². The highest BCUT2D eigenvalue weighted by molar-refractivity contribution is 5.98. The van der Waals surface area contributed by atoms with Crippen molar-refractivity contribution in [2.24, 2.45) is 0 Å². The number of alkyl halides is 3. The zero-order valence-corrected chi connectivity index (χ0v) is 15.8. The third kappa shape index (κ3) is 3.57. The van der Waals surface area contributed by atoms with E-state index in [0.29, 0.717) is 42.3 Å². The molecule has 1 aromatic carbocycles. The maximum absolute atomic E-state index is 12.9. The van der Waals surface area contributed by atoms with Crippen molar-refractivity contribution >= 4 is 16.7 Å². The Balaban J connectivity index is 1.87. The zero-order valence-electron chi connectivity index (χ0n) is 15.8. The molecule has 0 aliphatic carbocycles. The second-order valence-electron chi connectivity index (χ2n) is 7.62. The van der Waals surface area contributed by atoms with E-state index >= 15 is 0 Å². The van der Waals surface area contributed by atoms with Crippen LogP contribution in [-0.2, 0) is 6.18 Å². The number of halogens is 3. The quantitative estimate of drug-likeness (QED) is 0.678. The molecular weight excluding hydrogens is 385 g/mol. The summed E-state index contributed by atoms with van der Waals surface area (Å²) in [6.07, 6.45) is -3.98. The fraction of sp³-hybridized carbons (Fsp3) is 0.350. The van der Waals surface area contributed by atoms with Gasteiger partial charge in [-0.1, -0.05) is 0 Å². The molecular formula is C20H19F3N4O2. The second kappa shape index (κ2) is 6.55. The van der Waals surface area contributed by atoms with Crippen molar-refractivity contribution in [2.45, 2.75) is 32.0 Å². The van der Waals surface area contributed by atoms with E-state index in [9.17, 15) is 23.4 Å². The van der Waals surface area contributed by atoms with Crippen LogP contribution in [0.25, 0.3) is 22.2 Å². The maximum Gasteiger partial charge on any atom is 0.416 e. The van der Waals surface area contributed by atoms with Gasteiger partial charge in [0.1, 0.15) is 17.0 Å². The van der Waals surface area contributed by atoms with Gasteiger partial charge in [0.25, 0.3) is 0 Å². The van der Waals surface area contributed by atoms with Crippen LogP contribution in [0.15, 0.2) is 30.3 Å². The Bertz CT molecular complexity index is 1100. The van der Waals surface area contributed by atoms with Crippen molar-refractivity contribution in [3.05, 3.63) is 41.6 Å². The number of rotatable bonds is 2. The Morgan fingerprint density at radius 2 is 1.90 bits per heavy atom. The number of phenols is 1. The molecule has 1 aliphatic heterocycles. The lowest BCUT2D eigenvalue weighted by atomic mass is 10.0. The number of anilines is 1. The summed E-state index contributed by atoms with van der Waals surface area (Å²) in [6.45, 7) is 4.52. The normalized spacial score (nSPS) is 19.9. The van der Waals surface area contributed by atoms with Gasteiger partial charge < -0.3 is 15.1 Å². The van der Waals surface area contributed by atoms with Crippen LogP contribution in [0.5, 0.6) is 5.75 Å². The number of pyridine rings is 1. The van der Waals surface area contributed by atoms with Crippen molar-refractivity contribution in [3.63, 3.8) is 0 Å². The molecule has 1 atom stereocenters. The summed E-state index contributed by atoms with van der Waals surface area (Å²) in [5, 5.41) is 29.5. The number of aromatic hydroxyl groups is 1. The average Bonchev–Trinajstić information content (AvgIpc) is 2.99. The van der Waals surface area contributed by atoms with E-state index in [1.165, 1.54) is 6.07 Å². The summed E-state index contributed by atoms with van der Waals surface area (Å²) in [7, 11) is 0. The van der Waals surface area contributed by atoms with Crippen LogP contribution >= 0.6 is 0 Å². The number of benzene rings is 1. The Morgan fingerprint density at radius 3 is 2.52 bits per heavy atom. The number of β-amino-alcohol motifs (C(OH)–C–C–N with tert-alkyl or cyclic N) is 1. The lowest BCUT2D eigenvalue weighted by Gasteiger charge is -2.21. The third-order valence-corrected chi connectivity index (χ3v) is 5.08. The van der Waals surface area contributed by atoms with Crippen molar-refractivity contribution < 1.29 is 23.4 Å². The third-order valence-electron chi connectivity index (χ3n) is 5.08. The van der Waals surface area contributed by atoms with E-state index in [2.05, 4.69) is 15.2 Å². The molecule has 2 N–H and O–H groups in total. The predicted octanol–water partition coefficient (Wildman–Crippen LogP) is 3.69. The highest BCUT2D eigenvalue weighted by Crippen LogP contribution is 2.39. The minimum atomic E-state index is -4.56. The lowest BCUT2D eigenvalue weighted by Crippen LogP contribution is -2.30. The highest BCUT2D eigenvalue weighted by Gasteiger charge is 2.34. The molecule has 0 saturated carbocycles. The van der Waals surface area contributed by atoms with Crippen LogP contribution in [-0.4, -0.2) is 44.1 Å². The standard InChI is InChI=1S/C20H19F3N4O2/c1-11-3-5-14-16(13-6-4-12(9-15(13)28)20(21,22)23)25-26-18(17(14)24-11)27-8-7-19(2,29)10-27/h3-6,9,28-29H,7-8,10H2,1-2H3. The summed E-state index contributed by atoms with van der Waals surface area (Å²) in [6, 6.07) is 6.28. The molecule has 1 fully saturated rings. The molecule has 29 heavy (non-hydrogen) atoms. The molecule has 1 saturated heterocycles. The second-order valence-corrected chi connectivity index (χ2v) is 7.62. The van der Waals surface area contributed by atoms with E-state index in [0.717, 1.165) is 11.8 Å². The molecule has 152 valence electrons. The SMILES string of the molecule is Cc1ccc2c(-c3ccc(C(F)(F)F)cc3O)nnc(N3CCC(C)(O)C3)c2n1. The number of aliphatic hydroxyl groups is 1. The molecule has 3 heterocycles. The van der Waals surface area contributed by atoms with Crippen molar-refractivity contribution in [2.75, 3.05) is 18.0 Å². The largest absolute Gasteiger partial charge is 0.507 e. The fourth-order valence-corrected chi connectivity index (χ4v) is 3.56. The number of aromatic nitrogens is 3. The van der Waals surface area contributed by atoms with Crippen molar-refractivity contribution in [3.8, 4) is 17.0 Å². The number of nitrogens with zero attached hydrogens (tertiary/aromatic N) is 4. The Labute approximate surface area is 164 Å². The van der Waals surface area contributed by atoms with Gasteiger partial charge in [-0.3, -0.25) is 0 Å². The van der Waals surface area contributed by atoms with Crippen molar-refractivity contribution in [1.82, 2.24) is 15.2 Å². The summed E-state index contributed by atoms with van der Waals surface area (Å²) in [4.78, 5) is 6.44. The van der Waals surface area contributed by atoms with E-state index < -0.39 is 23.1 Å². The molecule has 0 bridgehead atoms. The summed E-state index contributed by atoms with van der Waals surface area (Å²) >= 11 is 0. The fourth-order valence-electron chi connectivity index (χ4n) is 3.56. The molecule has 9 heteroatoms. The zero-order chi connectivity index (χ0) is 21.0. The molecule has 0 amide bonds. The lowest BCUT2D eigenvalue weighted by molar-refractivity contribution is -0.137. The smallest absolute Gasteiger partial charge is 0.416 e. The first-order chi connectivity index (χ1) is 13.5. The van der Waals surface area contributed by atoms with Crippen LogP contribution in [0.1, 0.15) is 24.6 Å². The maximum atomic E-state index is 12.9. The van der Waals surface area contributed by atoms with Crippen LogP contribution in [0.2, 0.25) is 0 Å². The molecule has 3 aromatic rings. The van der Waals surface area contributed by atoms with E-state index in [-0.39, 0.29) is 11.3 Å². The number of phenolic OH excluding ortho intramolecular Hbond substituents is 1. The van der Waals surface area contributed by atoms with Crippen LogP contribution in [0.4, 0.5) is 19.0 Å². The van der Waals surface area contributed by atoms with Crippen LogP contribution in [0, 0.1) is 6.92 Å².